The second kappa shape index (κ2) is 11.5. The van der Waals surface area contributed by atoms with Crippen molar-refractivity contribution < 1.29 is 23.9 Å². The summed E-state index contributed by atoms with van der Waals surface area (Å²) in [5, 5.41) is 3.07. The summed E-state index contributed by atoms with van der Waals surface area (Å²) in [7, 11) is 1.55. The molecule has 0 unspecified atom stereocenters. The minimum Gasteiger partial charge on any atom is -0.497 e. The van der Waals surface area contributed by atoms with E-state index in [2.05, 4.69) is 5.32 Å². The van der Waals surface area contributed by atoms with Crippen molar-refractivity contribution >= 4 is 17.7 Å². The number of hydrogen-bond donors (Lipinski definition) is 1. The largest absolute Gasteiger partial charge is 0.497 e. The molecule has 8 heteroatoms. The van der Waals surface area contributed by atoms with Gasteiger partial charge in [0.15, 0.2) is 0 Å². The lowest BCUT2D eigenvalue weighted by molar-refractivity contribution is -0.128. The molecule has 1 spiro atoms. The molecule has 2 fully saturated rings. The van der Waals surface area contributed by atoms with E-state index < -0.39 is 11.8 Å². The summed E-state index contributed by atoms with van der Waals surface area (Å²) >= 11 is 0. The highest BCUT2D eigenvalue weighted by atomic mass is 16.5. The number of nitrogens with one attached hydrogen (secondary N) is 1. The zero-order valence-electron chi connectivity index (χ0n) is 23.1. The Hall–Kier alpha value is -4.17. The summed E-state index contributed by atoms with van der Waals surface area (Å²) in [4.78, 5) is 44.4. The minimum atomic E-state index is -0.999. The first-order chi connectivity index (χ1) is 19.3. The summed E-state index contributed by atoms with van der Waals surface area (Å²) < 4.78 is 11.7. The van der Waals surface area contributed by atoms with Crippen LogP contribution in [0.25, 0.3) is 0 Å². The minimum absolute atomic E-state index is 0.0393. The van der Waals surface area contributed by atoms with Gasteiger partial charge in [-0.2, -0.15) is 0 Å². The van der Waals surface area contributed by atoms with Crippen LogP contribution in [0.1, 0.15) is 57.7 Å². The number of aryl methyl sites for hydroxylation is 1. The number of nitrogens with zero attached hydrogens (tertiary/aromatic N) is 2. The van der Waals surface area contributed by atoms with E-state index in [1.54, 1.807) is 41.2 Å². The first-order valence-electron chi connectivity index (χ1n) is 13.6. The summed E-state index contributed by atoms with van der Waals surface area (Å²) in [5.41, 5.74) is 1.97. The Morgan fingerprint density at radius 1 is 0.950 bits per heavy atom. The molecule has 0 aliphatic carbocycles. The van der Waals surface area contributed by atoms with Crippen LogP contribution >= 0.6 is 0 Å². The third-order valence-electron chi connectivity index (χ3n) is 7.96. The lowest BCUT2D eigenvalue weighted by Crippen LogP contribution is -2.60. The first-order valence-corrected chi connectivity index (χ1v) is 13.6. The second-order valence-corrected chi connectivity index (χ2v) is 10.4. The molecule has 2 aliphatic rings. The first kappa shape index (κ1) is 27.4. The summed E-state index contributed by atoms with van der Waals surface area (Å²) in [6, 6.07) is 23.1. The number of amides is 3. The molecule has 0 saturated carbocycles. The van der Waals surface area contributed by atoms with Crippen molar-refractivity contribution in [3.05, 3.63) is 101 Å². The highest BCUT2D eigenvalue weighted by Gasteiger charge is 2.54. The van der Waals surface area contributed by atoms with Crippen molar-refractivity contribution in [1.82, 2.24) is 15.1 Å². The van der Waals surface area contributed by atoms with E-state index in [9.17, 15) is 14.4 Å². The molecule has 2 saturated heterocycles. The molecule has 0 radical (unpaired) electrons. The van der Waals surface area contributed by atoms with Gasteiger partial charge in [-0.05, 0) is 49.2 Å². The highest BCUT2D eigenvalue weighted by molar-refractivity contribution is 5.99. The molecular formula is C32H35N3O5. The zero-order chi connectivity index (χ0) is 28.3. The number of ether oxygens (including phenoxy) is 2. The van der Waals surface area contributed by atoms with Crippen molar-refractivity contribution in [2.45, 2.75) is 44.5 Å². The van der Waals surface area contributed by atoms with Crippen LogP contribution in [0.2, 0.25) is 0 Å². The normalized spacial score (nSPS) is 18.8. The van der Waals surface area contributed by atoms with Crippen LogP contribution in [-0.4, -0.2) is 66.1 Å². The highest BCUT2D eigenvalue weighted by Crippen LogP contribution is 2.39. The number of rotatable bonds is 6. The van der Waals surface area contributed by atoms with Crippen LogP contribution < -0.4 is 10.1 Å². The van der Waals surface area contributed by atoms with Gasteiger partial charge in [-0.3, -0.25) is 19.3 Å². The Bertz CT molecular complexity index is 1380. The molecule has 2 atom stereocenters. The molecule has 0 aromatic heterocycles. The maximum Gasteiger partial charge on any atom is 0.257 e. The third kappa shape index (κ3) is 5.31. The molecule has 2 heterocycles. The Morgan fingerprint density at radius 2 is 1.65 bits per heavy atom. The fraction of sp³-hybridized carbons (Fsp3) is 0.344. The van der Waals surface area contributed by atoms with Crippen LogP contribution in [-0.2, 0) is 9.53 Å². The molecular weight excluding hydrogens is 506 g/mol. The van der Waals surface area contributed by atoms with Gasteiger partial charge in [0.2, 0.25) is 5.91 Å². The van der Waals surface area contributed by atoms with Gasteiger partial charge < -0.3 is 19.7 Å². The number of carbonyl (C=O) groups excluding carboxylic acids is 3. The van der Waals surface area contributed by atoms with Gasteiger partial charge in [-0.25, -0.2) is 0 Å². The standard InChI is InChI=1S/C32H35N3O5/c1-22-10-7-8-15-27(22)31(38)34-18-16-32(17-19-34)35(30(37)25-13-9-14-26(20-25)39-3)28(21-40-32)29(36)33-23(2)24-11-5-4-6-12-24/h4-15,20,23,28H,16-19,21H2,1-3H3,(H,33,36)/t23-,28-/m0/s1. The maximum atomic E-state index is 14.1. The molecule has 208 valence electrons. The van der Waals surface area contributed by atoms with Crippen LogP contribution in [0.15, 0.2) is 78.9 Å². The average Bonchev–Trinajstić information content (AvgIpc) is 3.35. The van der Waals surface area contributed by atoms with E-state index in [1.165, 1.54) is 0 Å². The van der Waals surface area contributed by atoms with Crippen molar-refractivity contribution in [1.29, 1.82) is 0 Å². The molecule has 0 bridgehead atoms. The van der Waals surface area contributed by atoms with E-state index in [0.29, 0.717) is 42.8 Å². The SMILES string of the molecule is COc1cccc(C(=O)N2[C@H](C(=O)N[C@@H](C)c3ccccc3)COC23CCN(C(=O)c2ccccc2C)CC3)c1. The van der Waals surface area contributed by atoms with Crippen LogP contribution in [0.5, 0.6) is 5.75 Å². The monoisotopic (exact) mass is 541 g/mol. The lowest BCUT2D eigenvalue weighted by Gasteiger charge is -2.44. The summed E-state index contributed by atoms with van der Waals surface area (Å²) in [6.45, 7) is 4.73. The molecule has 3 aromatic rings. The van der Waals surface area contributed by atoms with Gasteiger partial charge >= 0.3 is 0 Å². The molecule has 40 heavy (non-hydrogen) atoms. The molecule has 8 nitrogen and oxygen atoms in total. The fourth-order valence-electron chi connectivity index (χ4n) is 5.64. The predicted octanol–water partition coefficient (Wildman–Crippen LogP) is 4.35. The number of piperidine rings is 1. The smallest absolute Gasteiger partial charge is 0.257 e. The van der Waals surface area contributed by atoms with Crippen molar-refractivity contribution in [2.75, 3.05) is 26.8 Å². The molecule has 1 N–H and O–H groups in total. The lowest BCUT2D eigenvalue weighted by atomic mass is 9.95. The Balaban J connectivity index is 1.40. The van der Waals surface area contributed by atoms with Crippen molar-refractivity contribution in [3.8, 4) is 5.75 Å². The predicted molar refractivity (Wildman–Crippen MR) is 151 cm³/mol. The van der Waals surface area contributed by atoms with E-state index in [1.807, 2.05) is 68.4 Å². The second-order valence-electron chi connectivity index (χ2n) is 10.4. The molecule has 2 aliphatic heterocycles. The zero-order valence-corrected chi connectivity index (χ0v) is 23.1. The number of benzene rings is 3. The van der Waals surface area contributed by atoms with Gasteiger partial charge in [-0.1, -0.05) is 54.6 Å². The quantitative estimate of drug-likeness (QED) is 0.501. The number of hydrogen-bond acceptors (Lipinski definition) is 5. The van der Waals surface area contributed by atoms with Gasteiger partial charge in [0.05, 0.1) is 19.8 Å². The van der Waals surface area contributed by atoms with Crippen LogP contribution in [0.4, 0.5) is 0 Å². The Kier molecular flexibility index (Phi) is 7.89. The fourth-order valence-corrected chi connectivity index (χ4v) is 5.64. The number of methoxy groups -OCH3 is 1. The van der Waals surface area contributed by atoms with Gasteiger partial charge in [0.25, 0.3) is 11.8 Å². The molecule has 3 aromatic carbocycles. The van der Waals surface area contributed by atoms with Crippen LogP contribution in [0, 0.1) is 6.92 Å². The van der Waals surface area contributed by atoms with Gasteiger partial charge in [0, 0.05) is 37.1 Å². The summed E-state index contributed by atoms with van der Waals surface area (Å²) in [6.07, 6.45) is 0.802. The van der Waals surface area contributed by atoms with Crippen molar-refractivity contribution in [2.24, 2.45) is 0 Å². The topological polar surface area (TPSA) is 88.2 Å². The van der Waals surface area contributed by atoms with E-state index >= 15 is 0 Å². The molecule has 5 rings (SSSR count). The Labute approximate surface area is 234 Å². The number of likely N-dealkylation sites (tertiary alicyclic amines) is 1. The van der Waals surface area contributed by atoms with E-state index in [0.717, 1.165) is 11.1 Å². The van der Waals surface area contributed by atoms with Gasteiger partial charge in [0.1, 0.15) is 17.5 Å². The van der Waals surface area contributed by atoms with Gasteiger partial charge in [-0.15, -0.1) is 0 Å². The van der Waals surface area contributed by atoms with E-state index in [4.69, 9.17) is 9.47 Å². The van der Waals surface area contributed by atoms with Crippen LogP contribution in [0.3, 0.4) is 0 Å². The number of carbonyl (C=O) groups is 3. The van der Waals surface area contributed by atoms with Crippen molar-refractivity contribution in [3.63, 3.8) is 0 Å². The molecule has 3 amide bonds. The van der Waals surface area contributed by atoms with E-state index in [-0.39, 0.29) is 30.4 Å². The maximum absolute atomic E-state index is 14.1. The average molecular weight is 542 g/mol. The summed E-state index contributed by atoms with van der Waals surface area (Å²) in [5.74, 6) is -0.0644. The Morgan fingerprint density at radius 3 is 2.35 bits per heavy atom. The third-order valence-corrected chi connectivity index (χ3v) is 7.96.